The molecule has 0 aromatic carbocycles. The van der Waals surface area contributed by atoms with Crippen LogP contribution in [0.25, 0.3) is 0 Å². The number of amides is 1. The Labute approximate surface area is 128 Å². The third kappa shape index (κ3) is 4.26. The number of hydrogen-bond donors (Lipinski definition) is 1. The van der Waals surface area contributed by atoms with E-state index < -0.39 is 0 Å². The SMILES string of the molecule is Cc1cc(C)n(C[C@@H](C)CNC(=O)c2cnc(Cl)cn2)n1. The third-order valence-corrected chi connectivity index (χ3v) is 3.25. The second-order valence-corrected chi connectivity index (χ2v) is 5.54. The minimum Gasteiger partial charge on any atom is -0.350 e. The highest BCUT2D eigenvalue weighted by Crippen LogP contribution is 2.06. The first-order valence-corrected chi connectivity index (χ1v) is 7.10. The molecule has 2 heterocycles. The summed E-state index contributed by atoms with van der Waals surface area (Å²) in [6, 6.07) is 2.04. The van der Waals surface area contributed by atoms with Crippen LogP contribution in [0, 0.1) is 19.8 Å². The largest absolute Gasteiger partial charge is 0.350 e. The molecule has 21 heavy (non-hydrogen) atoms. The fraction of sp³-hybridized carbons (Fsp3) is 0.429. The molecule has 0 fully saturated rings. The normalized spacial score (nSPS) is 12.2. The van der Waals surface area contributed by atoms with E-state index in [2.05, 4.69) is 27.3 Å². The maximum atomic E-state index is 11.9. The van der Waals surface area contributed by atoms with Crippen LogP contribution in [0.3, 0.4) is 0 Å². The Hall–Kier alpha value is -1.95. The zero-order chi connectivity index (χ0) is 15.4. The molecular formula is C14H18ClN5O. The predicted octanol–water partition coefficient (Wildman–Crippen LogP) is 2.01. The topological polar surface area (TPSA) is 72.7 Å². The van der Waals surface area contributed by atoms with Crippen LogP contribution in [0.1, 0.15) is 28.8 Å². The van der Waals surface area contributed by atoms with Crippen LogP contribution in [0.2, 0.25) is 5.15 Å². The van der Waals surface area contributed by atoms with Gasteiger partial charge in [0.05, 0.1) is 18.1 Å². The second-order valence-electron chi connectivity index (χ2n) is 5.15. The van der Waals surface area contributed by atoms with Crippen molar-refractivity contribution in [3.05, 3.63) is 40.7 Å². The van der Waals surface area contributed by atoms with Crippen molar-refractivity contribution in [3.8, 4) is 0 Å². The van der Waals surface area contributed by atoms with E-state index in [9.17, 15) is 4.79 Å². The first kappa shape index (κ1) is 15.4. The van der Waals surface area contributed by atoms with Crippen molar-refractivity contribution in [2.75, 3.05) is 6.54 Å². The maximum Gasteiger partial charge on any atom is 0.271 e. The summed E-state index contributed by atoms with van der Waals surface area (Å²) in [4.78, 5) is 19.7. The maximum absolute atomic E-state index is 11.9. The zero-order valence-corrected chi connectivity index (χ0v) is 13.1. The van der Waals surface area contributed by atoms with Gasteiger partial charge in [0.1, 0.15) is 10.8 Å². The first-order chi connectivity index (χ1) is 9.95. The van der Waals surface area contributed by atoms with E-state index in [-0.39, 0.29) is 22.7 Å². The van der Waals surface area contributed by atoms with Crippen LogP contribution in [-0.2, 0) is 6.54 Å². The van der Waals surface area contributed by atoms with E-state index >= 15 is 0 Å². The Balaban J connectivity index is 1.86. The number of carbonyl (C=O) groups is 1. The molecule has 112 valence electrons. The van der Waals surface area contributed by atoms with Gasteiger partial charge in [-0.3, -0.25) is 9.48 Å². The monoisotopic (exact) mass is 307 g/mol. The lowest BCUT2D eigenvalue weighted by Crippen LogP contribution is -2.31. The number of rotatable bonds is 5. The Bertz CT molecular complexity index is 623. The highest BCUT2D eigenvalue weighted by atomic mass is 35.5. The molecule has 2 aromatic heterocycles. The van der Waals surface area contributed by atoms with Gasteiger partial charge in [-0.25, -0.2) is 9.97 Å². The molecule has 1 N–H and O–H groups in total. The summed E-state index contributed by atoms with van der Waals surface area (Å²) in [5.74, 6) is 0.00611. The van der Waals surface area contributed by atoms with Gasteiger partial charge in [-0.1, -0.05) is 18.5 Å². The zero-order valence-electron chi connectivity index (χ0n) is 12.3. The van der Waals surface area contributed by atoms with Gasteiger partial charge < -0.3 is 5.32 Å². The van der Waals surface area contributed by atoms with Gasteiger partial charge in [-0.15, -0.1) is 0 Å². The molecule has 0 aliphatic heterocycles. The third-order valence-electron chi connectivity index (χ3n) is 3.05. The number of aryl methyl sites for hydroxylation is 2. The molecule has 7 heteroatoms. The van der Waals surface area contributed by atoms with Crippen LogP contribution in [0.5, 0.6) is 0 Å². The van der Waals surface area contributed by atoms with Crippen molar-refractivity contribution < 1.29 is 4.79 Å². The van der Waals surface area contributed by atoms with Gasteiger partial charge in [0.2, 0.25) is 0 Å². The minimum atomic E-state index is -0.251. The molecule has 0 aliphatic carbocycles. The second kappa shape index (κ2) is 6.67. The number of nitrogens with one attached hydrogen (secondary N) is 1. The molecule has 0 saturated heterocycles. The summed E-state index contributed by atoms with van der Waals surface area (Å²) in [5, 5.41) is 7.52. The van der Waals surface area contributed by atoms with E-state index in [1.165, 1.54) is 12.4 Å². The molecule has 0 bridgehead atoms. The summed E-state index contributed by atoms with van der Waals surface area (Å²) in [7, 11) is 0. The van der Waals surface area contributed by atoms with Crippen molar-refractivity contribution in [3.63, 3.8) is 0 Å². The molecule has 0 saturated carbocycles. The van der Waals surface area contributed by atoms with Gasteiger partial charge in [-0.2, -0.15) is 5.10 Å². The van der Waals surface area contributed by atoms with Crippen LogP contribution in [0.4, 0.5) is 0 Å². The molecule has 0 unspecified atom stereocenters. The fourth-order valence-electron chi connectivity index (χ4n) is 2.01. The average molecular weight is 308 g/mol. The van der Waals surface area contributed by atoms with E-state index in [1.807, 2.05) is 24.6 Å². The van der Waals surface area contributed by atoms with E-state index in [4.69, 9.17) is 11.6 Å². The van der Waals surface area contributed by atoms with Crippen molar-refractivity contribution in [2.24, 2.45) is 5.92 Å². The number of hydrogen-bond acceptors (Lipinski definition) is 4. The molecule has 1 atom stereocenters. The molecule has 0 aliphatic rings. The first-order valence-electron chi connectivity index (χ1n) is 6.72. The molecule has 0 spiro atoms. The summed E-state index contributed by atoms with van der Waals surface area (Å²) in [6.45, 7) is 7.35. The Morgan fingerprint density at radius 1 is 1.38 bits per heavy atom. The Kier molecular flexibility index (Phi) is 4.90. The van der Waals surface area contributed by atoms with Crippen LogP contribution < -0.4 is 5.32 Å². The summed E-state index contributed by atoms with van der Waals surface area (Å²) in [6.07, 6.45) is 2.72. The smallest absolute Gasteiger partial charge is 0.271 e. The summed E-state index contributed by atoms with van der Waals surface area (Å²) in [5.41, 5.74) is 2.38. The highest BCUT2D eigenvalue weighted by Gasteiger charge is 2.11. The molecule has 2 aromatic rings. The molecule has 0 radical (unpaired) electrons. The highest BCUT2D eigenvalue weighted by molar-refractivity contribution is 6.29. The van der Waals surface area contributed by atoms with Crippen molar-refractivity contribution >= 4 is 17.5 Å². The van der Waals surface area contributed by atoms with Gasteiger partial charge >= 0.3 is 0 Å². The predicted molar refractivity (Wildman–Crippen MR) is 80.2 cm³/mol. The Morgan fingerprint density at radius 2 is 2.14 bits per heavy atom. The minimum absolute atomic E-state index is 0.251. The van der Waals surface area contributed by atoms with Crippen molar-refractivity contribution in [2.45, 2.75) is 27.3 Å². The molecule has 1 amide bonds. The van der Waals surface area contributed by atoms with Crippen LogP contribution in [0.15, 0.2) is 18.5 Å². The molecule has 6 nitrogen and oxygen atoms in total. The number of aromatic nitrogens is 4. The van der Waals surface area contributed by atoms with Gasteiger partial charge in [0, 0.05) is 18.8 Å². The van der Waals surface area contributed by atoms with Gasteiger partial charge in [0.15, 0.2) is 0 Å². The van der Waals surface area contributed by atoms with Crippen molar-refractivity contribution in [1.29, 1.82) is 0 Å². The van der Waals surface area contributed by atoms with Gasteiger partial charge in [-0.05, 0) is 25.8 Å². The summed E-state index contributed by atoms with van der Waals surface area (Å²) >= 11 is 5.64. The van der Waals surface area contributed by atoms with Crippen molar-refractivity contribution in [1.82, 2.24) is 25.1 Å². The number of carbonyl (C=O) groups excluding carboxylic acids is 1. The van der Waals surface area contributed by atoms with E-state index in [0.717, 1.165) is 17.9 Å². The number of nitrogens with zero attached hydrogens (tertiary/aromatic N) is 4. The standard InChI is InChI=1S/C14H18ClN5O/c1-9(8-20-11(3)4-10(2)19-20)5-18-14(21)12-6-17-13(15)7-16-12/h4,6-7,9H,5,8H2,1-3H3,(H,18,21)/t9-/m0/s1. The number of halogens is 1. The van der Waals surface area contributed by atoms with E-state index in [1.54, 1.807) is 0 Å². The summed E-state index contributed by atoms with van der Waals surface area (Å²) < 4.78 is 1.95. The van der Waals surface area contributed by atoms with Crippen LogP contribution >= 0.6 is 11.6 Å². The average Bonchev–Trinajstić information content (AvgIpc) is 2.75. The quantitative estimate of drug-likeness (QED) is 0.917. The van der Waals surface area contributed by atoms with Gasteiger partial charge in [0.25, 0.3) is 5.91 Å². The lowest BCUT2D eigenvalue weighted by Gasteiger charge is -2.13. The molecular weight excluding hydrogens is 290 g/mol. The van der Waals surface area contributed by atoms with E-state index in [0.29, 0.717) is 6.54 Å². The lowest BCUT2D eigenvalue weighted by molar-refractivity contribution is 0.0941. The molecule has 2 rings (SSSR count). The lowest BCUT2D eigenvalue weighted by atomic mass is 10.2. The fourth-order valence-corrected chi connectivity index (χ4v) is 2.10. The Morgan fingerprint density at radius 3 is 2.71 bits per heavy atom. The van der Waals surface area contributed by atoms with Crippen LogP contribution in [-0.4, -0.2) is 32.2 Å².